The van der Waals surface area contributed by atoms with Gasteiger partial charge in [0.2, 0.25) is 5.91 Å². The Bertz CT molecular complexity index is 729. The molecule has 1 aliphatic rings. The number of aromatic hydroxyl groups is 1. The maximum absolute atomic E-state index is 12.6. The van der Waals surface area contributed by atoms with Gasteiger partial charge in [-0.2, -0.15) is 0 Å². The Labute approximate surface area is 146 Å². The second kappa shape index (κ2) is 7.26. The van der Waals surface area contributed by atoms with E-state index in [-0.39, 0.29) is 16.7 Å². The lowest BCUT2D eigenvalue weighted by Crippen LogP contribution is -2.41. The SMILES string of the molecule is Cc1nccn1C[C@@H]1CCCN(C(=O)Cc2ccc(O)c(Cl)c2)C1. The van der Waals surface area contributed by atoms with Crippen molar-refractivity contribution in [3.63, 3.8) is 0 Å². The summed E-state index contributed by atoms with van der Waals surface area (Å²) in [4.78, 5) is 18.8. The van der Waals surface area contributed by atoms with Crippen LogP contribution in [0.1, 0.15) is 24.2 Å². The maximum Gasteiger partial charge on any atom is 0.227 e. The Balaban J connectivity index is 1.60. The van der Waals surface area contributed by atoms with Crippen molar-refractivity contribution < 1.29 is 9.90 Å². The lowest BCUT2D eigenvalue weighted by molar-refractivity contribution is -0.132. The molecule has 24 heavy (non-hydrogen) atoms. The Morgan fingerprint density at radius 3 is 3.00 bits per heavy atom. The van der Waals surface area contributed by atoms with Gasteiger partial charge in [-0.1, -0.05) is 17.7 Å². The number of likely N-dealkylation sites (tertiary alicyclic amines) is 1. The first-order valence-electron chi connectivity index (χ1n) is 8.26. The number of phenols is 1. The van der Waals surface area contributed by atoms with Gasteiger partial charge < -0.3 is 14.6 Å². The van der Waals surface area contributed by atoms with Crippen molar-refractivity contribution in [1.82, 2.24) is 14.5 Å². The number of carbonyl (C=O) groups is 1. The smallest absolute Gasteiger partial charge is 0.227 e. The number of rotatable bonds is 4. The number of hydrogen-bond acceptors (Lipinski definition) is 3. The van der Waals surface area contributed by atoms with Crippen molar-refractivity contribution >= 4 is 17.5 Å². The van der Waals surface area contributed by atoms with Crippen molar-refractivity contribution in [3.05, 3.63) is 47.0 Å². The highest BCUT2D eigenvalue weighted by atomic mass is 35.5. The van der Waals surface area contributed by atoms with Crippen LogP contribution in [-0.4, -0.2) is 38.6 Å². The van der Waals surface area contributed by atoms with Gasteiger partial charge >= 0.3 is 0 Å². The number of amides is 1. The number of nitrogens with zero attached hydrogens (tertiary/aromatic N) is 3. The summed E-state index contributed by atoms with van der Waals surface area (Å²) in [6.07, 6.45) is 6.29. The zero-order valence-electron chi connectivity index (χ0n) is 13.8. The number of aryl methyl sites for hydroxylation is 1. The summed E-state index contributed by atoms with van der Waals surface area (Å²) in [7, 11) is 0. The van der Waals surface area contributed by atoms with Gasteiger partial charge in [-0.3, -0.25) is 4.79 Å². The molecule has 2 heterocycles. The lowest BCUT2D eigenvalue weighted by atomic mass is 9.97. The molecule has 1 aliphatic heterocycles. The number of piperidine rings is 1. The third-order valence-corrected chi connectivity index (χ3v) is 4.92. The Morgan fingerprint density at radius 2 is 2.29 bits per heavy atom. The van der Waals surface area contributed by atoms with E-state index < -0.39 is 0 Å². The quantitative estimate of drug-likeness (QED) is 0.924. The van der Waals surface area contributed by atoms with E-state index in [1.54, 1.807) is 12.1 Å². The Kier molecular flexibility index (Phi) is 5.09. The van der Waals surface area contributed by atoms with E-state index in [0.717, 1.165) is 43.9 Å². The predicted molar refractivity (Wildman–Crippen MR) is 93.1 cm³/mol. The van der Waals surface area contributed by atoms with Crippen molar-refractivity contribution in [3.8, 4) is 5.75 Å². The largest absolute Gasteiger partial charge is 0.506 e. The third-order valence-electron chi connectivity index (χ3n) is 4.62. The molecule has 0 bridgehead atoms. The molecule has 0 spiro atoms. The average molecular weight is 348 g/mol. The summed E-state index contributed by atoms with van der Waals surface area (Å²) in [5, 5.41) is 9.76. The van der Waals surface area contributed by atoms with E-state index in [1.165, 1.54) is 6.07 Å². The van der Waals surface area contributed by atoms with Gasteiger partial charge in [-0.25, -0.2) is 4.98 Å². The van der Waals surface area contributed by atoms with E-state index in [1.807, 2.05) is 24.2 Å². The molecule has 128 valence electrons. The van der Waals surface area contributed by atoms with Crippen LogP contribution in [0.4, 0.5) is 0 Å². The molecule has 1 aromatic heterocycles. The fraction of sp³-hybridized carbons (Fsp3) is 0.444. The Morgan fingerprint density at radius 1 is 1.46 bits per heavy atom. The molecule has 1 fully saturated rings. The first kappa shape index (κ1) is 16.8. The number of aromatic nitrogens is 2. The minimum atomic E-state index is 0.0432. The summed E-state index contributed by atoms with van der Waals surface area (Å²) in [5.41, 5.74) is 0.829. The van der Waals surface area contributed by atoms with Crippen LogP contribution in [0.3, 0.4) is 0 Å². The highest BCUT2D eigenvalue weighted by molar-refractivity contribution is 6.32. The van der Waals surface area contributed by atoms with Crippen molar-refractivity contribution in [1.29, 1.82) is 0 Å². The first-order chi connectivity index (χ1) is 11.5. The monoisotopic (exact) mass is 347 g/mol. The summed E-state index contributed by atoms with van der Waals surface area (Å²) >= 11 is 5.92. The maximum atomic E-state index is 12.6. The van der Waals surface area contributed by atoms with Crippen molar-refractivity contribution in [2.45, 2.75) is 32.7 Å². The lowest BCUT2D eigenvalue weighted by Gasteiger charge is -2.33. The zero-order valence-corrected chi connectivity index (χ0v) is 14.5. The molecule has 0 saturated carbocycles. The van der Waals surface area contributed by atoms with Gasteiger partial charge in [0.05, 0.1) is 11.4 Å². The summed E-state index contributed by atoms with van der Waals surface area (Å²) in [6, 6.07) is 4.94. The number of imidazole rings is 1. The molecule has 0 unspecified atom stereocenters. The molecular weight excluding hydrogens is 326 g/mol. The summed E-state index contributed by atoms with van der Waals surface area (Å²) in [6.45, 7) is 4.49. The second-order valence-corrected chi connectivity index (χ2v) is 6.84. The zero-order chi connectivity index (χ0) is 17.1. The molecule has 6 heteroatoms. The van der Waals surface area contributed by atoms with Crippen LogP contribution in [0.2, 0.25) is 5.02 Å². The summed E-state index contributed by atoms with van der Waals surface area (Å²) < 4.78 is 2.15. The number of hydrogen-bond donors (Lipinski definition) is 1. The van der Waals surface area contributed by atoms with Gasteiger partial charge in [-0.15, -0.1) is 0 Å². The molecule has 3 rings (SSSR count). The normalized spacial score (nSPS) is 17.9. The third kappa shape index (κ3) is 3.90. The highest BCUT2D eigenvalue weighted by Gasteiger charge is 2.24. The molecule has 1 saturated heterocycles. The van der Waals surface area contributed by atoms with Crippen LogP contribution >= 0.6 is 11.6 Å². The Hall–Kier alpha value is -2.01. The van der Waals surface area contributed by atoms with Gasteiger partial charge in [0.1, 0.15) is 11.6 Å². The fourth-order valence-corrected chi connectivity index (χ4v) is 3.47. The molecule has 1 N–H and O–H groups in total. The number of halogens is 1. The fourth-order valence-electron chi connectivity index (χ4n) is 3.26. The molecule has 0 aliphatic carbocycles. The molecule has 1 amide bonds. The van der Waals surface area contributed by atoms with Gasteiger partial charge in [0, 0.05) is 32.0 Å². The van der Waals surface area contributed by atoms with E-state index in [2.05, 4.69) is 9.55 Å². The highest BCUT2D eigenvalue weighted by Crippen LogP contribution is 2.25. The average Bonchev–Trinajstić information content (AvgIpc) is 2.96. The standard InChI is InChI=1S/C18H22ClN3O2/c1-13-20-6-8-21(13)11-15-3-2-7-22(12-15)18(24)10-14-4-5-17(23)16(19)9-14/h4-6,8-9,15,23H,2-3,7,10-12H2,1H3/t15-/m0/s1. The molecule has 1 aromatic carbocycles. The van der Waals surface area contributed by atoms with E-state index in [0.29, 0.717) is 12.3 Å². The minimum absolute atomic E-state index is 0.0432. The van der Waals surface area contributed by atoms with E-state index in [4.69, 9.17) is 11.6 Å². The van der Waals surface area contributed by atoms with Crippen molar-refractivity contribution in [2.24, 2.45) is 5.92 Å². The summed E-state index contributed by atoms with van der Waals surface area (Å²) in [5.74, 6) is 1.63. The topological polar surface area (TPSA) is 58.4 Å². The molecular formula is C18H22ClN3O2. The van der Waals surface area contributed by atoms with E-state index in [9.17, 15) is 9.90 Å². The molecule has 2 aromatic rings. The molecule has 0 radical (unpaired) electrons. The second-order valence-electron chi connectivity index (χ2n) is 6.44. The number of phenolic OH excluding ortho intramolecular Hbond substituents is 1. The van der Waals surface area contributed by atoms with Crippen LogP contribution in [0, 0.1) is 12.8 Å². The predicted octanol–water partition coefficient (Wildman–Crippen LogP) is 3.03. The minimum Gasteiger partial charge on any atom is -0.506 e. The van der Waals surface area contributed by atoms with Crippen LogP contribution in [-0.2, 0) is 17.8 Å². The van der Waals surface area contributed by atoms with Crippen LogP contribution in [0.5, 0.6) is 5.75 Å². The van der Waals surface area contributed by atoms with Crippen LogP contribution in [0.25, 0.3) is 0 Å². The van der Waals surface area contributed by atoms with Gasteiger partial charge in [0.15, 0.2) is 0 Å². The van der Waals surface area contributed by atoms with Crippen molar-refractivity contribution in [2.75, 3.05) is 13.1 Å². The molecule has 1 atom stereocenters. The van der Waals surface area contributed by atoms with Crippen LogP contribution in [0.15, 0.2) is 30.6 Å². The van der Waals surface area contributed by atoms with Gasteiger partial charge in [0.25, 0.3) is 0 Å². The van der Waals surface area contributed by atoms with E-state index >= 15 is 0 Å². The van der Waals surface area contributed by atoms with Crippen LogP contribution < -0.4 is 0 Å². The number of benzene rings is 1. The first-order valence-corrected chi connectivity index (χ1v) is 8.63. The molecule has 5 nitrogen and oxygen atoms in total. The van der Waals surface area contributed by atoms with Gasteiger partial charge in [-0.05, 0) is 43.4 Å². The number of carbonyl (C=O) groups excluding carboxylic acids is 1.